The molecule has 0 aliphatic heterocycles. The molecule has 9 heteroatoms. The number of carboxylic acids is 1. The van der Waals surface area contributed by atoms with Gasteiger partial charge in [-0.3, -0.25) is 0 Å². The number of hydrogen-bond donors (Lipinski definition) is 1. The summed E-state index contributed by atoms with van der Waals surface area (Å²) in [5, 5.41) is 8.62. The van der Waals surface area contributed by atoms with Crippen molar-refractivity contribution in [1.29, 1.82) is 0 Å². The van der Waals surface area contributed by atoms with Gasteiger partial charge < -0.3 is 19.0 Å². The molecule has 0 amide bonds. The number of carboxylic acid groups (broad SMARTS) is 1. The van der Waals surface area contributed by atoms with Crippen LogP contribution < -0.4 is 9.47 Å². The second kappa shape index (κ2) is 7.31. The fraction of sp³-hybridized carbons (Fsp3) is 0.0526. The fourth-order valence-electron chi connectivity index (χ4n) is 2.36. The molecule has 2 aromatic carbocycles. The van der Waals surface area contributed by atoms with Crippen molar-refractivity contribution in [3.63, 3.8) is 0 Å². The highest BCUT2D eigenvalue weighted by Crippen LogP contribution is 2.27. The summed E-state index contributed by atoms with van der Waals surface area (Å²) in [6.45, 7) is -0.428. The maximum Gasteiger partial charge on any atom is 0.341 e. The first-order valence-electron chi connectivity index (χ1n) is 8.09. The number of rotatable bonds is 6. The highest BCUT2D eigenvalue weighted by atomic mass is 19.1. The molecule has 0 aliphatic rings. The van der Waals surface area contributed by atoms with E-state index in [1.165, 1.54) is 18.3 Å². The lowest BCUT2D eigenvalue weighted by Crippen LogP contribution is -2.09. The van der Waals surface area contributed by atoms with Gasteiger partial charge in [-0.1, -0.05) is 12.1 Å². The Kier molecular flexibility index (Phi) is 4.55. The molecule has 8 nitrogen and oxygen atoms in total. The number of hydrogen-bond acceptors (Lipinski definition) is 7. The summed E-state index contributed by atoms with van der Waals surface area (Å²) in [5.74, 6) is -0.900. The van der Waals surface area contributed by atoms with Gasteiger partial charge in [-0.15, -0.1) is 0 Å². The molecule has 0 bridgehead atoms. The maximum atomic E-state index is 13.7. The summed E-state index contributed by atoms with van der Waals surface area (Å²) in [4.78, 5) is 22.9. The lowest BCUT2D eigenvalue weighted by molar-refractivity contribution is -0.139. The third-order valence-corrected chi connectivity index (χ3v) is 3.63. The summed E-state index contributed by atoms with van der Waals surface area (Å²) in [6, 6.07) is 12.4. The topological polar surface area (TPSA) is 108 Å². The minimum absolute atomic E-state index is 0.00135. The van der Waals surface area contributed by atoms with Gasteiger partial charge in [0.1, 0.15) is 11.3 Å². The molecule has 0 saturated heterocycles. The summed E-state index contributed by atoms with van der Waals surface area (Å²) in [5.41, 5.74) is 1.22. The molecule has 0 saturated carbocycles. The number of para-hydroxylation sites is 1. The lowest BCUT2D eigenvalue weighted by Gasteiger charge is -2.03. The average Bonchev–Trinajstić information content (AvgIpc) is 3.12. The standard InChI is InChI=1S/C19H12FN3O5/c20-13-3-1-2-4-15(13)27-19-21-9-14-18(23-19)28-17(22-14)11-5-7-12(8-6-11)26-10-16(24)25/h1-9H,10H2,(H,24,25). The normalized spacial score (nSPS) is 10.8. The molecule has 2 heterocycles. The summed E-state index contributed by atoms with van der Waals surface area (Å²) in [7, 11) is 0. The highest BCUT2D eigenvalue weighted by molar-refractivity contribution is 5.72. The lowest BCUT2D eigenvalue weighted by atomic mass is 10.2. The number of aliphatic carboxylic acids is 1. The molecule has 4 aromatic rings. The van der Waals surface area contributed by atoms with Gasteiger partial charge in [0.15, 0.2) is 18.2 Å². The van der Waals surface area contributed by atoms with Crippen LogP contribution in [0.25, 0.3) is 22.7 Å². The zero-order chi connectivity index (χ0) is 19.5. The zero-order valence-corrected chi connectivity index (χ0v) is 14.2. The number of oxazole rings is 1. The predicted molar refractivity (Wildman–Crippen MR) is 94.6 cm³/mol. The smallest absolute Gasteiger partial charge is 0.341 e. The van der Waals surface area contributed by atoms with Crippen LogP contribution in [-0.4, -0.2) is 32.6 Å². The largest absolute Gasteiger partial charge is 0.482 e. The molecule has 0 radical (unpaired) electrons. The van der Waals surface area contributed by atoms with E-state index in [9.17, 15) is 9.18 Å². The summed E-state index contributed by atoms with van der Waals surface area (Å²) >= 11 is 0. The maximum absolute atomic E-state index is 13.7. The number of fused-ring (bicyclic) bond motifs is 1. The van der Waals surface area contributed by atoms with Gasteiger partial charge in [-0.05, 0) is 36.4 Å². The molecule has 0 atom stereocenters. The second-order valence-electron chi connectivity index (χ2n) is 5.60. The van der Waals surface area contributed by atoms with Crippen molar-refractivity contribution in [2.45, 2.75) is 0 Å². The van der Waals surface area contributed by atoms with Crippen molar-refractivity contribution in [2.75, 3.05) is 6.61 Å². The molecule has 0 aliphatic carbocycles. The Labute approximate surface area is 157 Å². The van der Waals surface area contributed by atoms with Crippen molar-refractivity contribution in [3.8, 4) is 29.0 Å². The average molecular weight is 381 g/mol. The van der Waals surface area contributed by atoms with Gasteiger partial charge in [-0.2, -0.15) is 4.98 Å². The van der Waals surface area contributed by atoms with E-state index in [4.69, 9.17) is 19.0 Å². The molecular formula is C19H12FN3O5. The molecule has 0 fully saturated rings. The molecule has 4 rings (SSSR count). The van der Waals surface area contributed by atoms with Crippen LogP contribution in [0.15, 0.2) is 59.1 Å². The van der Waals surface area contributed by atoms with E-state index in [2.05, 4.69) is 15.0 Å². The van der Waals surface area contributed by atoms with Crippen LogP contribution >= 0.6 is 0 Å². The third kappa shape index (κ3) is 3.73. The Balaban J connectivity index is 1.56. The van der Waals surface area contributed by atoms with Crippen LogP contribution in [0.4, 0.5) is 4.39 Å². The van der Waals surface area contributed by atoms with Crippen LogP contribution in [-0.2, 0) is 4.79 Å². The van der Waals surface area contributed by atoms with Crippen LogP contribution in [0.2, 0.25) is 0 Å². The van der Waals surface area contributed by atoms with Crippen LogP contribution in [0, 0.1) is 5.82 Å². The number of nitrogens with zero attached hydrogens (tertiary/aromatic N) is 3. The van der Waals surface area contributed by atoms with E-state index < -0.39 is 18.4 Å². The van der Waals surface area contributed by atoms with Gasteiger partial charge in [0.25, 0.3) is 5.71 Å². The first-order chi connectivity index (χ1) is 13.6. The molecular weight excluding hydrogens is 369 g/mol. The van der Waals surface area contributed by atoms with Gasteiger partial charge >= 0.3 is 12.0 Å². The Hall–Kier alpha value is -4.01. The zero-order valence-electron chi connectivity index (χ0n) is 14.2. The van der Waals surface area contributed by atoms with Crippen LogP contribution in [0.3, 0.4) is 0 Å². The van der Waals surface area contributed by atoms with Crippen molar-refractivity contribution in [2.24, 2.45) is 0 Å². The molecule has 0 unspecified atom stereocenters. The molecule has 0 spiro atoms. The highest BCUT2D eigenvalue weighted by Gasteiger charge is 2.13. The molecule has 2 aromatic heterocycles. The van der Waals surface area contributed by atoms with Crippen LogP contribution in [0.5, 0.6) is 17.5 Å². The Morgan fingerprint density at radius 3 is 2.64 bits per heavy atom. The van der Waals surface area contributed by atoms with Gasteiger partial charge in [0, 0.05) is 5.56 Å². The number of benzene rings is 2. The Bertz CT molecular complexity index is 1140. The molecule has 28 heavy (non-hydrogen) atoms. The number of carbonyl (C=O) groups is 1. The fourth-order valence-corrected chi connectivity index (χ4v) is 2.36. The van der Waals surface area contributed by atoms with E-state index in [0.29, 0.717) is 16.8 Å². The monoisotopic (exact) mass is 381 g/mol. The second-order valence-corrected chi connectivity index (χ2v) is 5.60. The van der Waals surface area contributed by atoms with E-state index in [0.717, 1.165) is 0 Å². The summed E-state index contributed by atoms with van der Waals surface area (Å²) in [6.07, 6.45) is 1.41. The van der Waals surface area contributed by atoms with E-state index in [1.54, 1.807) is 36.4 Å². The first kappa shape index (κ1) is 17.4. The first-order valence-corrected chi connectivity index (χ1v) is 8.09. The molecule has 140 valence electrons. The van der Waals surface area contributed by atoms with Crippen molar-refractivity contribution in [1.82, 2.24) is 15.0 Å². The van der Waals surface area contributed by atoms with Crippen molar-refractivity contribution >= 4 is 17.2 Å². The van der Waals surface area contributed by atoms with Crippen molar-refractivity contribution < 1.29 is 28.2 Å². The number of aromatic nitrogens is 3. The SMILES string of the molecule is O=C(O)COc1ccc(-c2nc3cnc(Oc4ccccc4F)nc3o2)cc1. The minimum atomic E-state index is -1.06. The number of ether oxygens (including phenoxy) is 2. The van der Waals surface area contributed by atoms with Gasteiger partial charge in [0.05, 0.1) is 6.20 Å². The number of halogens is 1. The van der Waals surface area contributed by atoms with E-state index in [1.807, 2.05) is 0 Å². The summed E-state index contributed by atoms with van der Waals surface area (Å²) < 4.78 is 29.7. The predicted octanol–water partition coefficient (Wildman–Crippen LogP) is 3.68. The van der Waals surface area contributed by atoms with E-state index >= 15 is 0 Å². The van der Waals surface area contributed by atoms with Crippen molar-refractivity contribution in [3.05, 3.63) is 60.5 Å². The minimum Gasteiger partial charge on any atom is -0.482 e. The molecule has 1 N–H and O–H groups in total. The van der Waals surface area contributed by atoms with Gasteiger partial charge in [-0.25, -0.2) is 19.2 Å². The third-order valence-electron chi connectivity index (χ3n) is 3.63. The quantitative estimate of drug-likeness (QED) is 0.539. The Morgan fingerprint density at radius 2 is 1.89 bits per heavy atom. The van der Waals surface area contributed by atoms with Crippen LogP contribution in [0.1, 0.15) is 0 Å². The van der Waals surface area contributed by atoms with Gasteiger partial charge in [0.2, 0.25) is 5.89 Å². The Morgan fingerprint density at radius 1 is 1.11 bits per heavy atom. The van der Waals surface area contributed by atoms with E-state index in [-0.39, 0.29) is 23.4 Å².